The Balaban J connectivity index is 1.44. The molecule has 1 aliphatic rings. The average molecular weight is 339 g/mol. The van der Waals surface area contributed by atoms with E-state index in [4.69, 9.17) is 4.74 Å². The van der Waals surface area contributed by atoms with Crippen LogP contribution in [0.5, 0.6) is 5.75 Å². The molecule has 1 N–H and O–H groups in total. The maximum atomic E-state index is 12.0. The zero-order chi connectivity index (χ0) is 17.5. The number of nitrogens with zero attached hydrogens (tertiary/aromatic N) is 2. The summed E-state index contributed by atoms with van der Waals surface area (Å²) in [5.41, 5.74) is 2.06. The lowest BCUT2D eigenvalue weighted by Crippen LogP contribution is -2.43. The molecule has 1 aliphatic heterocycles. The van der Waals surface area contributed by atoms with E-state index in [1.807, 2.05) is 42.5 Å². The fraction of sp³-hybridized carbons (Fsp3) is 0.350. The molecule has 5 nitrogen and oxygen atoms in total. The van der Waals surface area contributed by atoms with Gasteiger partial charge in [0, 0.05) is 38.4 Å². The van der Waals surface area contributed by atoms with Crippen molar-refractivity contribution in [3.05, 3.63) is 60.2 Å². The maximum Gasteiger partial charge on any atom is 0.262 e. The second kappa shape index (κ2) is 8.65. The number of hydrogen-bond acceptors (Lipinski definition) is 4. The molecule has 0 unspecified atom stereocenters. The Bertz CT molecular complexity index is 665. The zero-order valence-electron chi connectivity index (χ0n) is 14.6. The van der Waals surface area contributed by atoms with Crippen LogP contribution in [0.25, 0.3) is 0 Å². The molecular formula is C20H25N3O2. The minimum Gasteiger partial charge on any atom is -0.484 e. The highest BCUT2D eigenvalue weighted by molar-refractivity contribution is 5.91. The number of rotatable bonds is 6. The van der Waals surface area contributed by atoms with Crippen molar-refractivity contribution >= 4 is 11.6 Å². The Morgan fingerprint density at radius 2 is 1.68 bits per heavy atom. The molecule has 132 valence electrons. The summed E-state index contributed by atoms with van der Waals surface area (Å²) in [7, 11) is 2.16. The van der Waals surface area contributed by atoms with E-state index in [2.05, 4.69) is 34.3 Å². The molecule has 0 saturated carbocycles. The van der Waals surface area contributed by atoms with Crippen molar-refractivity contribution in [2.24, 2.45) is 0 Å². The maximum absolute atomic E-state index is 12.0. The highest BCUT2D eigenvalue weighted by atomic mass is 16.5. The molecule has 2 aromatic rings. The molecule has 0 aliphatic carbocycles. The molecule has 0 radical (unpaired) electrons. The van der Waals surface area contributed by atoms with E-state index in [0.29, 0.717) is 5.75 Å². The van der Waals surface area contributed by atoms with E-state index in [9.17, 15) is 4.79 Å². The monoisotopic (exact) mass is 339 g/mol. The molecule has 25 heavy (non-hydrogen) atoms. The number of carbonyl (C=O) groups excluding carboxylic acids is 1. The van der Waals surface area contributed by atoms with Crippen molar-refractivity contribution in [1.82, 2.24) is 9.80 Å². The molecule has 5 heteroatoms. The number of nitrogens with one attached hydrogen (secondary N) is 1. The highest BCUT2D eigenvalue weighted by Gasteiger charge is 2.13. The number of carbonyl (C=O) groups is 1. The Labute approximate surface area is 149 Å². The average Bonchev–Trinajstić information content (AvgIpc) is 2.64. The van der Waals surface area contributed by atoms with E-state index in [1.165, 1.54) is 5.56 Å². The van der Waals surface area contributed by atoms with Crippen LogP contribution in [0.15, 0.2) is 54.6 Å². The minimum atomic E-state index is -0.157. The smallest absolute Gasteiger partial charge is 0.262 e. The van der Waals surface area contributed by atoms with Crippen LogP contribution >= 0.6 is 0 Å². The summed E-state index contributed by atoms with van der Waals surface area (Å²) in [4.78, 5) is 16.8. The first kappa shape index (κ1) is 17.5. The summed E-state index contributed by atoms with van der Waals surface area (Å²) in [6, 6.07) is 17.4. The van der Waals surface area contributed by atoms with E-state index < -0.39 is 0 Å². The van der Waals surface area contributed by atoms with Gasteiger partial charge in [-0.15, -0.1) is 0 Å². The van der Waals surface area contributed by atoms with Crippen LogP contribution in [0, 0.1) is 0 Å². The number of hydrogen-bond donors (Lipinski definition) is 1. The van der Waals surface area contributed by atoms with Crippen molar-refractivity contribution < 1.29 is 9.53 Å². The number of ether oxygens (including phenoxy) is 1. The van der Waals surface area contributed by atoms with Crippen molar-refractivity contribution in [3.8, 4) is 5.75 Å². The second-order valence-corrected chi connectivity index (χ2v) is 6.43. The Morgan fingerprint density at radius 3 is 2.36 bits per heavy atom. The van der Waals surface area contributed by atoms with Gasteiger partial charge in [-0.2, -0.15) is 0 Å². The van der Waals surface area contributed by atoms with Crippen LogP contribution in [-0.2, 0) is 11.3 Å². The van der Waals surface area contributed by atoms with Crippen molar-refractivity contribution in [2.75, 3.05) is 45.2 Å². The first-order valence-corrected chi connectivity index (χ1v) is 8.66. The molecule has 0 aromatic heterocycles. The Hall–Kier alpha value is -2.37. The van der Waals surface area contributed by atoms with E-state index >= 15 is 0 Å². The highest BCUT2D eigenvalue weighted by Crippen LogP contribution is 2.13. The second-order valence-electron chi connectivity index (χ2n) is 6.43. The van der Waals surface area contributed by atoms with Gasteiger partial charge in [-0.05, 0) is 36.9 Å². The molecule has 0 atom stereocenters. The van der Waals surface area contributed by atoms with Gasteiger partial charge in [0.25, 0.3) is 5.91 Å². The molecule has 0 bridgehead atoms. The van der Waals surface area contributed by atoms with Gasteiger partial charge >= 0.3 is 0 Å². The third-order valence-corrected chi connectivity index (χ3v) is 4.35. The number of amides is 1. The van der Waals surface area contributed by atoms with Crippen molar-refractivity contribution in [3.63, 3.8) is 0 Å². The molecule has 1 heterocycles. The summed E-state index contributed by atoms with van der Waals surface area (Å²) in [5.74, 6) is 0.538. The van der Waals surface area contributed by atoms with E-state index in [1.54, 1.807) is 0 Å². The summed E-state index contributed by atoms with van der Waals surface area (Å²) < 4.78 is 5.45. The van der Waals surface area contributed by atoms with Crippen LogP contribution in [-0.4, -0.2) is 55.5 Å². The standard InChI is InChI=1S/C20H25N3O2/c1-22-11-13-23(14-12-22)15-17-7-9-18(10-8-17)21-20(24)16-25-19-5-3-2-4-6-19/h2-10H,11-16H2,1H3,(H,21,24). The zero-order valence-corrected chi connectivity index (χ0v) is 14.6. The normalized spacial score (nSPS) is 15.7. The number of piperazine rings is 1. The first-order valence-electron chi connectivity index (χ1n) is 8.66. The van der Waals surface area contributed by atoms with Gasteiger partial charge in [-0.1, -0.05) is 30.3 Å². The molecule has 1 amide bonds. The number of likely N-dealkylation sites (N-methyl/N-ethyl adjacent to an activating group) is 1. The molecule has 1 fully saturated rings. The topological polar surface area (TPSA) is 44.8 Å². The Morgan fingerprint density at radius 1 is 1.00 bits per heavy atom. The van der Waals surface area contributed by atoms with Crippen molar-refractivity contribution in [2.45, 2.75) is 6.54 Å². The summed E-state index contributed by atoms with van der Waals surface area (Å²) >= 11 is 0. The van der Waals surface area contributed by atoms with E-state index in [0.717, 1.165) is 38.4 Å². The van der Waals surface area contributed by atoms with Gasteiger partial charge in [0.15, 0.2) is 6.61 Å². The molecule has 1 saturated heterocycles. The molecule has 0 spiro atoms. The fourth-order valence-electron chi connectivity index (χ4n) is 2.82. The van der Waals surface area contributed by atoms with Crippen molar-refractivity contribution in [1.29, 1.82) is 0 Å². The van der Waals surface area contributed by atoms with Gasteiger partial charge in [-0.3, -0.25) is 9.69 Å². The summed E-state index contributed by atoms with van der Waals surface area (Å²) in [5, 5.41) is 2.86. The third kappa shape index (κ3) is 5.59. The predicted molar refractivity (Wildman–Crippen MR) is 99.8 cm³/mol. The minimum absolute atomic E-state index is 0.00700. The number of anilines is 1. The van der Waals surface area contributed by atoms with Gasteiger partial charge < -0.3 is 15.0 Å². The van der Waals surface area contributed by atoms with Gasteiger partial charge in [0.2, 0.25) is 0 Å². The number of para-hydroxylation sites is 1. The number of benzene rings is 2. The molecular weight excluding hydrogens is 314 g/mol. The van der Waals surface area contributed by atoms with Crippen LogP contribution in [0.2, 0.25) is 0 Å². The molecule has 3 rings (SSSR count). The lowest BCUT2D eigenvalue weighted by Gasteiger charge is -2.32. The predicted octanol–water partition coefficient (Wildman–Crippen LogP) is 2.45. The summed E-state index contributed by atoms with van der Waals surface area (Å²) in [6.07, 6.45) is 0. The van der Waals surface area contributed by atoms with Gasteiger partial charge in [-0.25, -0.2) is 0 Å². The fourth-order valence-corrected chi connectivity index (χ4v) is 2.82. The van der Waals surface area contributed by atoms with Crippen LogP contribution in [0.3, 0.4) is 0 Å². The van der Waals surface area contributed by atoms with E-state index in [-0.39, 0.29) is 12.5 Å². The summed E-state index contributed by atoms with van der Waals surface area (Å²) in [6.45, 7) is 5.41. The van der Waals surface area contributed by atoms with Gasteiger partial charge in [0.1, 0.15) is 5.75 Å². The van der Waals surface area contributed by atoms with Crippen LogP contribution < -0.4 is 10.1 Å². The third-order valence-electron chi connectivity index (χ3n) is 4.35. The largest absolute Gasteiger partial charge is 0.484 e. The van der Waals surface area contributed by atoms with Gasteiger partial charge in [0.05, 0.1) is 0 Å². The Kier molecular flexibility index (Phi) is 6.04. The molecule has 2 aromatic carbocycles. The van der Waals surface area contributed by atoms with Crippen LogP contribution in [0.4, 0.5) is 5.69 Å². The lowest BCUT2D eigenvalue weighted by molar-refractivity contribution is -0.118. The SMILES string of the molecule is CN1CCN(Cc2ccc(NC(=O)COc3ccccc3)cc2)CC1. The first-order chi connectivity index (χ1) is 12.2. The lowest BCUT2D eigenvalue weighted by atomic mass is 10.2. The van der Waals surface area contributed by atoms with Crippen LogP contribution in [0.1, 0.15) is 5.56 Å². The quantitative estimate of drug-likeness (QED) is 0.878.